The Hall–Kier alpha value is -0.560. The molecule has 1 heteroatoms. The minimum Gasteiger partial charge on any atom is -0.296 e. The Morgan fingerprint density at radius 3 is 3.25 bits per heavy atom. The lowest BCUT2D eigenvalue weighted by Crippen LogP contribution is -2.42. The first-order valence-electron chi connectivity index (χ1n) is 4.95. The van der Waals surface area contributed by atoms with Crippen LogP contribution in [0.25, 0.3) is 0 Å². The maximum absolute atomic E-state index is 3.83. The standard InChI is InChI=1S/C11H17N/c1-2-10-6-7-11-5-3-4-8-12(11)9-10/h2,6,11H,1,3-5,7-9H2. The molecule has 0 saturated carbocycles. The zero-order valence-electron chi connectivity index (χ0n) is 7.63. The summed E-state index contributed by atoms with van der Waals surface area (Å²) in [6, 6.07) is 0.849. The maximum atomic E-state index is 3.83. The maximum Gasteiger partial charge on any atom is 0.0233 e. The third-order valence-electron chi connectivity index (χ3n) is 3.05. The molecule has 2 aliphatic rings. The van der Waals surface area contributed by atoms with Crippen molar-refractivity contribution < 1.29 is 0 Å². The second-order valence-electron chi connectivity index (χ2n) is 3.84. The van der Waals surface area contributed by atoms with Crippen molar-refractivity contribution in [2.45, 2.75) is 31.7 Å². The monoisotopic (exact) mass is 163 g/mol. The molecular weight excluding hydrogens is 146 g/mol. The molecule has 0 radical (unpaired) electrons. The Kier molecular flexibility index (Phi) is 2.31. The third-order valence-corrected chi connectivity index (χ3v) is 3.05. The summed E-state index contributed by atoms with van der Waals surface area (Å²) in [6.07, 6.45) is 9.84. The van der Waals surface area contributed by atoms with Gasteiger partial charge in [-0.2, -0.15) is 0 Å². The van der Waals surface area contributed by atoms with Gasteiger partial charge in [-0.25, -0.2) is 0 Å². The molecule has 0 aliphatic carbocycles. The largest absolute Gasteiger partial charge is 0.296 e. The van der Waals surface area contributed by atoms with Gasteiger partial charge in [0.1, 0.15) is 0 Å². The highest BCUT2D eigenvalue weighted by molar-refractivity contribution is 5.21. The van der Waals surface area contributed by atoms with Crippen molar-refractivity contribution in [1.29, 1.82) is 0 Å². The van der Waals surface area contributed by atoms with Crippen molar-refractivity contribution in [3.63, 3.8) is 0 Å². The molecule has 1 saturated heterocycles. The summed E-state index contributed by atoms with van der Waals surface area (Å²) in [5.74, 6) is 0. The van der Waals surface area contributed by atoms with Crippen LogP contribution in [-0.4, -0.2) is 24.0 Å². The van der Waals surface area contributed by atoms with E-state index in [1.165, 1.54) is 37.8 Å². The Morgan fingerprint density at radius 1 is 1.50 bits per heavy atom. The average Bonchev–Trinajstić information content (AvgIpc) is 2.17. The van der Waals surface area contributed by atoms with Crippen molar-refractivity contribution in [3.8, 4) is 0 Å². The fourth-order valence-electron chi connectivity index (χ4n) is 2.27. The summed E-state index contributed by atoms with van der Waals surface area (Å²) in [5, 5.41) is 0. The van der Waals surface area contributed by atoms with Crippen LogP contribution in [0.5, 0.6) is 0 Å². The highest BCUT2D eigenvalue weighted by Gasteiger charge is 2.24. The number of piperidine rings is 1. The average molecular weight is 163 g/mol. The Bertz CT molecular complexity index is 205. The van der Waals surface area contributed by atoms with E-state index in [9.17, 15) is 0 Å². The zero-order chi connectivity index (χ0) is 8.39. The Balaban J connectivity index is 2.05. The van der Waals surface area contributed by atoms with Gasteiger partial charge in [-0.1, -0.05) is 25.2 Å². The lowest BCUT2D eigenvalue weighted by Gasteiger charge is -2.38. The van der Waals surface area contributed by atoms with Gasteiger partial charge in [0.15, 0.2) is 0 Å². The number of fused-ring (bicyclic) bond motifs is 1. The van der Waals surface area contributed by atoms with Crippen molar-refractivity contribution in [2.24, 2.45) is 0 Å². The minimum atomic E-state index is 0.849. The summed E-state index contributed by atoms with van der Waals surface area (Å²) in [6.45, 7) is 6.28. The van der Waals surface area contributed by atoms with Crippen LogP contribution in [-0.2, 0) is 0 Å². The molecule has 2 rings (SSSR count). The molecule has 0 spiro atoms. The summed E-state index contributed by atoms with van der Waals surface area (Å²) in [7, 11) is 0. The van der Waals surface area contributed by atoms with Crippen LogP contribution in [0.15, 0.2) is 24.3 Å². The van der Waals surface area contributed by atoms with E-state index in [0.29, 0.717) is 0 Å². The highest BCUT2D eigenvalue weighted by atomic mass is 15.2. The van der Waals surface area contributed by atoms with Gasteiger partial charge < -0.3 is 0 Å². The molecule has 1 atom stereocenters. The first-order chi connectivity index (χ1) is 5.90. The van der Waals surface area contributed by atoms with Gasteiger partial charge in [0, 0.05) is 12.6 Å². The van der Waals surface area contributed by atoms with E-state index in [4.69, 9.17) is 0 Å². The van der Waals surface area contributed by atoms with Crippen LogP contribution in [0.4, 0.5) is 0 Å². The molecule has 0 aromatic carbocycles. The van der Waals surface area contributed by atoms with E-state index in [0.717, 1.165) is 12.6 Å². The molecule has 66 valence electrons. The van der Waals surface area contributed by atoms with E-state index >= 15 is 0 Å². The van der Waals surface area contributed by atoms with E-state index in [-0.39, 0.29) is 0 Å². The molecule has 0 N–H and O–H groups in total. The van der Waals surface area contributed by atoms with Gasteiger partial charge in [-0.3, -0.25) is 4.90 Å². The lowest BCUT2D eigenvalue weighted by atomic mass is 9.94. The van der Waals surface area contributed by atoms with Gasteiger partial charge in [-0.05, 0) is 31.4 Å². The van der Waals surface area contributed by atoms with E-state index in [1.54, 1.807) is 0 Å². The highest BCUT2D eigenvalue weighted by Crippen LogP contribution is 2.25. The van der Waals surface area contributed by atoms with Crippen molar-refractivity contribution in [1.82, 2.24) is 4.90 Å². The summed E-state index contributed by atoms with van der Waals surface area (Å²) in [5.41, 5.74) is 1.42. The molecule has 0 aromatic heterocycles. The predicted octanol–water partition coefficient (Wildman–Crippen LogP) is 2.36. The van der Waals surface area contributed by atoms with Crippen molar-refractivity contribution in [2.75, 3.05) is 13.1 Å². The normalized spacial score (nSPS) is 30.7. The summed E-state index contributed by atoms with van der Waals surface area (Å²) >= 11 is 0. The van der Waals surface area contributed by atoms with Crippen LogP contribution in [0, 0.1) is 0 Å². The van der Waals surface area contributed by atoms with Crippen LogP contribution in [0.1, 0.15) is 25.7 Å². The van der Waals surface area contributed by atoms with E-state index in [2.05, 4.69) is 17.6 Å². The van der Waals surface area contributed by atoms with Gasteiger partial charge in [-0.15, -0.1) is 0 Å². The molecule has 1 nitrogen and oxygen atoms in total. The molecule has 0 aromatic rings. The molecule has 2 aliphatic heterocycles. The molecule has 2 heterocycles. The molecule has 12 heavy (non-hydrogen) atoms. The van der Waals surface area contributed by atoms with Crippen LogP contribution < -0.4 is 0 Å². The van der Waals surface area contributed by atoms with Crippen molar-refractivity contribution in [3.05, 3.63) is 24.3 Å². The topological polar surface area (TPSA) is 3.24 Å². The number of nitrogens with zero attached hydrogens (tertiary/aromatic N) is 1. The molecular formula is C11H17N. The molecule has 1 unspecified atom stereocenters. The molecule has 0 bridgehead atoms. The Labute approximate surface area is 74.8 Å². The van der Waals surface area contributed by atoms with Gasteiger partial charge in [0.05, 0.1) is 0 Å². The predicted molar refractivity (Wildman–Crippen MR) is 52.1 cm³/mol. The summed E-state index contributed by atoms with van der Waals surface area (Å²) < 4.78 is 0. The zero-order valence-corrected chi connectivity index (χ0v) is 7.63. The summed E-state index contributed by atoms with van der Waals surface area (Å²) in [4.78, 5) is 2.61. The van der Waals surface area contributed by atoms with Gasteiger partial charge >= 0.3 is 0 Å². The second-order valence-corrected chi connectivity index (χ2v) is 3.84. The number of hydrogen-bond acceptors (Lipinski definition) is 1. The second kappa shape index (κ2) is 3.44. The third kappa shape index (κ3) is 1.46. The fraction of sp³-hybridized carbons (Fsp3) is 0.636. The fourth-order valence-corrected chi connectivity index (χ4v) is 2.27. The first kappa shape index (κ1) is 8.06. The van der Waals surface area contributed by atoms with Crippen LogP contribution >= 0.6 is 0 Å². The van der Waals surface area contributed by atoms with Crippen LogP contribution in [0.3, 0.4) is 0 Å². The number of hydrogen-bond donors (Lipinski definition) is 0. The van der Waals surface area contributed by atoms with Gasteiger partial charge in [0.25, 0.3) is 0 Å². The van der Waals surface area contributed by atoms with E-state index < -0.39 is 0 Å². The SMILES string of the molecule is C=CC1=CCC2CCCCN2C1. The molecule has 0 amide bonds. The smallest absolute Gasteiger partial charge is 0.0233 e. The lowest BCUT2D eigenvalue weighted by molar-refractivity contribution is 0.155. The van der Waals surface area contributed by atoms with Gasteiger partial charge in [0.2, 0.25) is 0 Å². The minimum absolute atomic E-state index is 0.849. The Morgan fingerprint density at radius 2 is 2.42 bits per heavy atom. The van der Waals surface area contributed by atoms with E-state index in [1.807, 2.05) is 6.08 Å². The van der Waals surface area contributed by atoms with Crippen LogP contribution in [0.2, 0.25) is 0 Å². The number of rotatable bonds is 1. The molecule has 1 fully saturated rings. The van der Waals surface area contributed by atoms with Crippen molar-refractivity contribution >= 4 is 0 Å². The quantitative estimate of drug-likeness (QED) is 0.573. The first-order valence-corrected chi connectivity index (χ1v) is 4.95.